The van der Waals surface area contributed by atoms with Crippen LogP contribution < -0.4 is 10.3 Å². The average molecular weight is 369 g/mol. The second-order valence-electron chi connectivity index (χ2n) is 5.91. The Morgan fingerprint density at radius 1 is 1.19 bits per heavy atom. The number of ketones is 1. The number of Topliss-reactive ketones (excluding diaryl/α,β-unsaturated/α-hetero) is 1. The van der Waals surface area contributed by atoms with E-state index in [1.54, 1.807) is 24.3 Å². The van der Waals surface area contributed by atoms with Crippen LogP contribution in [0.15, 0.2) is 53.6 Å². The van der Waals surface area contributed by atoms with E-state index in [1.807, 2.05) is 0 Å². The molecular weight excluding hydrogens is 353 g/mol. The first-order valence-corrected chi connectivity index (χ1v) is 8.20. The molecule has 0 aliphatic carbocycles. The van der Waals surface area contributed by atoms with Crippen molar-refractivity contribution in [2.45, 2.75) is 12.8 Å². The van der Waals surface area contributed by atoms with Crippen LogP contribution in [-0.4, -0.2) is 35.0 Å². The molecular formula is C19H16FN3O4. The predicted octanol–water partition coefficient (Wildman–Crippen LogP) is 1.55. The van der Waals surface area contributed by atoms with Gasteiger partial charge in [0, 0.05) is 6.54 Å². The minimum atomic E-state index is -0.695. The summed E-state index contributed by atoms with van der Waals surface area (Å²) in [7, 11) is 0. The van der Waals surface area contributed by atoms with Crippen molar-refractivity contribution in [3.63, 3.8) is 0 Å². The molecule has 0 bridgehead atoms. The van der Waals surface area contributed by atoms with E-state index >= 15 is 0 Å². The molecule has 2 aromatic carbocycles. The van der Waals surface area contributed by atoms with Crippen molar-refractivity contribution in [2.24, 2.45) is 5.10 Å². The topological polar surface area (TPSA) is 99.1 Å². The highest BCUT2D eigenvalue weighted by Gasteiger charge is 2.32. The summed E-state index contributed by atoms with van der Waals surface area (Å²) in [5.41, 5.74) is 0.698. The zero-order valence-electron chi connectivity index (χ0n) is 14.2. The smallest absolute Gasteiger partial charge is 0.275 e. The van der Waals surface area contributed by atoms with Crippen LogP contribution >= 0.6 is 0 Å². The van der Waals surface area contributed by atoms with Gasteiger partial charge in [0.15, 0.2) is 11.5 Å². The van der Waals surface area contributed by atoms with Gasteiger partial charge >= 0.3 is 0 Å². The molecule has 0 radical (unpaired) electrons. The normalized spacial score (nSPS) is 14.1. The maximum Gasteiger partial charge on any atom is 0.275 e. The number of carbonyl (C=O) groups excluding carboxylic acids is 3. The van der Waals surface area contributed by atoms with Crippen LogP contribution in [0.1, 0.15) is 12.0 Å². The highest BCUT2D eigenvalue weighted by Crippen LogP contribution is 2.19. The molecule has 0 atom stereocenters. The summed E-state index contributed by atoms with van der Waals surface area (Å²) >= 11 is 0. The van der Waals surface area contributed by atoms with Gasteiger partial charge in [0.25, 0.3) is 11.8 Å². The number of benzene rings is 2. The number of aromatic hydroxyl groups is 1. The number of hydrazone groups is 1. The Kier molecular flexibility index (Phi) is 5.25. The number of amides is 2. The summed E-state index contributed by atoms with van der Waals surface area (Å²) in [4.78, 5) is 36.4. The number of rotatable bonds is 5. The number of hydrogen-bond donors (Lipinski definition) is 2. The van der Waals surface area contributed by atoms with E-state index in [0.717, 1.165) is 22.7 Å². The molecule has 2 amide bonds. The van der Waals surface area contributed by atoms with Crippen molar-refractivity contribution < 1.29 is 23.9 Å². The van der Waals surface area contributed by atoms with Gasteiger partial charge in [0.05, 0.1) is 12.1 Å². The van der Waals surface area contributed by atoms with Crippen molar-refractivity contribution >= 4 is 29.0 Å². The zero-order chi connectivity index (χ0) is 19.4. The third-order valence-electron chi connectivity index (χ3n) is 3.91. The molecule has 0 fully saturated rings. The lowest BCUT2D eigenvalue weighted by Crippen LogP contribution is -2.45. The molecule has 2 aromatic rings. The Bertz CT molecular complexity index is 925. The quantitative estimate of drug-likeness (QED) is 0.781. The van der Waals surface area contributed by atoms with Crippen LogP contribution in [0, 0.1) is 5.82 Å². The number of hydrogen-bond acceptors (Lipinski definition) is 5. The van der Waals surface area contributed by atoms with E-state index in [1.165, 1.54) is 12.1 Å². The number of anilines is 1. The molecule has 2 N–H and O–H groups in total. The number of phenolic OH excluding ortho intramolecular Hbond substituents is 1. The van der Waals surface area contributed by atoms with E-state index in [9.17, 15) is 23.9 Å². The molecule has 0 unspecified atom stereocenters. The monoisotopic (exact) mass is 369 g/mol. The fraction of sp³-hybridized carbons (Fsp3) is 0.158. The first-order chi connectivity index (χ1) is 12.9. The maximum absolute atomic E-state index is 13.0. The van der Waals surface area contributed by atoms with E-state index < -0.39 is 29.8 Å². The SMILES string of the molecule is O=C1CC(=O)N(c2ccc(F)cc2)N=C1C(=O)NCCc1cccc(O)c1. The zero-order valence-corrected chi connectivity index (χ0v) is 14.2. The summed E-state index contributed by atoms with van der Waals surface area (Å²) in [6.07, 6.45) is -0.0432. The summed E-state index contributed by atoms with van der Waals surface area (Å²) in [6, 6.07) is 11.6. The summed E-state index contributed by atoms with van der Waals surface area (Å²) in [5, 5.41) is 16.8. The van der Waals surface area contributed by atoms with Gasteiger partial charge in [0.1, 0.15) is 11.6 Å². The van der Waals surface area contributed by atoms with E-state index in [-0.39, 0.29) is 23.7 Å². The second kappa shape index (κ2) is 7.77. The molecule has 1 aliphatic heterocycles. The van der Waals surface area contributed by atoms with E-state index in [2.05, 4.69) is 10.4 Å². The van der Waals surface area contributed by atoms with Crippen molar-refractivity contribution in [2.75, 3.05) is 11.6 Å². The predicted molar refractivity (Wildman–Crippen MR) is 95.8 cm³/mol. The van der Waals surface area contributed by atoms with Crippen LogP contribution in [-0.2, 0) is 20.8 Å². The lowest BCUT2D eigenvalue weighted by atomic mass is 10.1. The van der Waals surface area contributed by atoms with E-state index in [4.69, 9.17) is 0 Å². The molecule has 138 valence electrons. The van der Waals surface area contributed by atoms with Crippen molar-refractivity contribution in [1.29, 1.82) is 0 Å². The lowest BCUT2D eigenvalue weighted by molar-refractivity contribution is -0.125. The summed E-state index contributed by atoms with van der Waals surface area (Å²) < 4.78 is 13.0. The number of carbonyl (C=O) groups is 3. The standard InChI is InChI=1S/C19H16FN3O4/c20-13-4-6-14(7-5-13)23-17(26)11-16(25)18(22-23)19(27)21-9-8-12-2-1-3-15(24)10-12/h1-7,10,24H,8-9,11H2,(H,21,27). The van der Waals surface area contributed by atoms with Gasteiger partial charge in [-0.15, -0.1) is 0 Å². The third-order valence-corrected chi connectivity index (χ3v) is 3.91. The Morgan fingerprint density at radius 2 is 1.93 bits per heavy atom. The van der Waals surface area contributed by atoms with Crippen molar-refractivity contribution in [3.05, 3.63) is 59.9 Å². The highest BCUT2D eigenvalue weighted by atomic mass is 19.1. The van der Waals surface area contributed by atoms with Gasteiger partial charge in [-0.25, -0.2) is 4.39 Å². The Morgan fingerprint density at radius 3 is 2.63 bits per heavy atom. The van der Waals surface area contributed by atoms with Gasteiger partial charge in [-0.05, 0) is 48.4 Å². The van der Waals surface area contributed by atoms with Gasteiger partial charge < -0.3 is 10.4 Å². The largest absolute Gasteiger partial charge is 0.508 e. The molecule has 0 aromatic heterocycles. The van der Waals surface area contributed by atoms with E-state index in [0.29, 0.717) is 6.42 Å². The molecule has 27 heavy (non-hydrogen) atoms. The summed E-state index contributed by atoms with van der Waals surface area (Å²) in [5.74, 6) is -2.32. The average Bonchev–Trinajstić information content (AvgIpc) is 2.63. The fourth-order valence-corrected chi connectivity index (χ4v) is 2.58. The third kappa shape index (κ3) is 4.35. The fourth-order valence-electron chi connectivity index (χ4n) is 2.58. The summed E-state index contributed by atoms with van der Waals surface area (Å²) in [6.45, 7) is 0.221. The molecule has 1 aliphatic rings. The van der Waals surface area contributed by atoms with Gasteiger partial charge in [-0.1, -0.05) is 12.1 Å². The highest BCUT2D eigenvalue weighted by molar-refractivity contribution is 6.67. The van der Waals surface area contributed by atoms with Gasteiger partial charge in [-0.2, -0.15) is 10.1 Å². The molecule has 0 spiro atoms. The molecule has 0 saturated heterocycles. The molecule has 8 heteroatoms. The number of halogens is 1. The maximum atomic E-state index is 13.0. The Balaban J connectivity index is 1.70. The van der Waals surface area contributed by atoms with Crippen molar-refractivity contribution in [1.82, 2.24) is 5.32 Å². The van der Waals surface area contributed by atoms with Gasteiger partial charge in [0.2, 0.25) is 0 Å². The number of nitrogens with one attached hydrogen (secondary N) is 1. The molecule has 0 saturated carbocycles. The number of nitrogens with zero attached hydrogens (tertiary/aromatic N) is 2. The Hall–Kier alpha value is -3.55. The minimum Gasteiger partial charge on any atom is -0.508 e. The second-order valence-corrected chi connectivity index (χ2v) is 5.91. The van der Waals surface area contributed by atoms with Gasteiger partial charge in [-0.3, -0.25) is 14.4 Å². The first kappa shape index (κ1) is 18.2. The Labute approximate surface area is 154 Å². The van der Waals surface area contributed by atoms with Crippen LogP contribution in [0.2, 0.25) is 0 Å². The first-order valence-electron chi connectivity index (χ1n) is 8.20. The van der Waals surface area contributed by atoms with Crippen LogP contribution in [0.3, 0.4) is 0 Å². The van der Waals surface area contributed by atoms with Crippen LogP contribution in [0.25, 0.3) is 0 Å². The molecule has 1 heterocycles. The van der Waals surface area contributed by atoms with Crippen molar-refractivity contribution in [3.8, 4) is 5.75 Å². The van der Waals surface area contributed by atoms with Crippen LogP contribution in [0.4, 0.5) is 10.1 Å². The lowest BCUT2D eigenvalue weighted by Gasteiger charge is -2.22. The minimum absolute atomic E-state index is 0.124. The molecule has 7 nitrogen and oxygen atoms in total. The van der Waals surface area contributed by atoms with Crippen LogP contribution in [0.5, 0.6) is 5.75 Å². The molecule has 3 rings (SSSR count). The number of phenols is 1.